The second-order valence-electron chi connectivity index (χ2n) is 6.90. The summed E-state index contributed by atoms with van der Waals surface area (Å²) in [7, 11) is 1.74. The van der Waals surface area contributed by atoms with Gasteiger partial charge in [-0.3, -0.25) is 4.79 Å². The molecule has 0 bridgehead atoms. The predicted octanol–water partition coefficient (Wildman–Crippen LogP) is -0.374. The topological polar surface area (TPSA) is 214 Å². The molecule has 13 heteroatoms. The van der Waals surface area contributed by atoms with E-state index in [1.165, 1.54) is 18.3 Å². The minimum Gasteiger partial charge on any atom is -0.480 e. The number of nitrogen functional groups attached to an aromatic ring is 2. The summed E-state index contributed by atoms with van der Waals surface area (Å²) in [6, 6.07) is 5.09. The summed E-state index contributed by atoms with van der Waals surface area (Å²) >= 11 is 0. The quantitative estimate of drug-likeness (QED) is 0.246. The van der Waals surface area contributed by atoms with Crippen molar-refractivity contribution >= 4 is 46.3 Å². The van der Waals surface area contributed by atoms with Gasteiger partial charge < -0.3 is 37.0 Å². The molecule has 0 aliphatic rings. The molecule has 0 radical (unpaired) electrons. The molecule has 2 aromatic heterocycles. The van der Waals surface area contributed by atoms with Gasteiger partial charge in [0.1, 0.15) is 6.04 Å². The van der Waals surface area contributed by atoms with Crippen LogP contribution in [0, 0.1) is 0 Å². The number of nitrogens with zero attached hydrogens (tertiary/aromatic N) is 5. The van der Waals surface area contributed by atoms with E-state index < -0.39 is 24.2 Å². The Morgan fingerprint density at radius 1 is 1.09 bits per heavy atom. The Kier molecular flexibility index (Phi) is 6.61. The number of rotatable bonds is 8. The van der Waals surface area contributed by atoms with Gasteiger partial charge in [0.2, 0.25) is 5.95 Å². The molecule has 168 valence electrons. The fourth-order valence-electron chi connectivity index (χ4n) is 2.88. The Balaban J connectivity index is 1.75. The van der Waals surface area contributed by atoms with Gasteiger partial charge in [0, 0.05) is 24.7 Å². The monoisotopic (exact) mass is 442 g/mol. The molecule has 0 unspecified atom stereocenters. The van der Waals surface area contributed by atoms with E-state index >= 15 is 0 Å². The third-order valence-corrected chi connectivity index (χ3v) is 4.62. The van der Waals surface area contributed by atoms with Crippen molar-refractivity contribution < 1.29 is 24.9 Å². The second-order valence-corrected chi connectivity index (χ2v) is 6.90. The lowest BCUT2D eigenvalue weighted by atomic mass is 10.1. The number of benzene rings is 1. The predicted molar refractivity (Wildman–Crippen MR) is 115 cm³/mol. The number of hydrogen-bond acceptors (Lipinski definition) is 11. The fraction of sp³-hybridized carbons (Fsp3) is 0.263. The van der Waals surface area contributed by atoms with Gasteiger partial charge in [-0.25, -0.2) is 14.8 Å². The summed E-state index contributed by atoms with van der Waals surface area (Å²) < 4.78 is 0. The Labute approximate surface area is 181 Å². The van der Waals surface area contributed by atoms with Gasteiger partial charge in [-0.2, -0.15) is 9.97 Å². The highest BCUT2D eigenvalue weighted by molar-refractivity contribution is 5.97. The summed E-state index contributed by atoms with van der Waals surface area (Å²) in [4.78, 5) is 41.9. The molecule has 3 rings (SSSR count). The van der Waals surface area contributed by atoms with E-state index in [1.807, 2.05) is 0 Å². The zero-order valence-electron chi connectivity index (χ0n) is 17.0. The van der Waals surface area contributed by atoms with E-state index in [1.54, 1.807) is 24.1 Å². The zero-order chi connectivity index (χ0) is 23.4. The van der Waals surface area contributed by atoms with Crippen LogP contribution in [-0.2, 0) is 4.79 Å². The number of carboxylic acids is 1. The van der Waals surface area contributed by atoms with Crippen LogP contribution in [-0.4, -0.2) is 66.5 Å². The first-order valence-electron chi connectivity index (χ1n) is 9.45. The van der Waals surface area contributed by atoms with Crippen LogP contribution < -0.4 is 21.7 Å². The number of carbonyl (C=O) groups is 2. The molecule has 2 heterocycles. The number of fused-ring (bicyclic) bond motifs is 1. The first-order chi connectivity index (χ1) is 15.2. The number of aromatic nitrogens is 4. The van der Waals surface area contributed by atoms with Crippen molar-refractivity contribution in [1.82, 2.24) is 25.3 Å². The molecule has 0 aliphatic heterocycles. The van der Waals surface area contributed by atoms with Crippen molar-refractivity contribution in [1.29, 1.82) is 0 Å². The van der Waals surface area contributed by atoms with E-state index in [0.29, 0.717) is 17.0 Å². The van der Waals surface area contributed by atoms with E-state index in [-0.39, 0.29) is 35.8 Å². The van der Waals surface area contributed by atoms with Crippen LogP contribution in [0.15, 0.2) is 30.5 Å². The van der Waals surface area contributed by atoms with Crippen LogP contribution in [0.3, 0.4) is 0 Å². The van der Waals surface area contributed by atoms with Gasteiger partial charge in [-0.1, -0.05) is 0 Å². The molecule has 0 fully saturated rings. The lowest BCUT2D eigenvalue weighted by molar-refractivity contribution is -0.139. The number of aliphatic hydroxyl groups excluding tert-OH is 1. The molecular formula is C19H22N8O5. The smallest absolute Gasteiger partial charge is 0.326 e. The van der Waals surface area contributed by atoms with Gasteiger partial charge in [0.25, 0.3) is 5.91 Å². The number of aliphatic hydroxyl groups is 2. The summed E-state index contributed by atoms with van der Waals surface area (Å²) in [5, 5.41) is 29.4. The maximum atomic E-state index is 12.4. The number of anilines is 4. The standard InChI is InChI=1S/C19H22N8O5/c1-27(12-8-22-14-15(20)25-19(21)26-16(14)24-12)10-4-2-9(3-5-10)17(30)23-11(18(31)32)6-7-13(28)29/h2-5,8,11,13,28-29H,6-7H2,1H3,(H,23,30)(H,31,32)(H4,20,21,24,25,26)/t11-/m0/s1. The maximum Gasteiger partial charge on any atom is 0.326 e. The van der Waals surface area contributed by atoms with Crippen LogP contribution in [0.5, 0.6) is 0 Å². The van der Waals surface area contributed by atoms with Crippen molar-refractivity contribution in [3.63, 3.8) is 0 Å². The third-order valence-electron chi connectivity index (χ3n) is 4.62. The molecule has 1 atom stereocenters. The highest BCUT2D eigenvalue weighted by atomic mass is 16.5. The number of carbonyl (C=O) groups excluding carboxylic acids is 1. The van der Waals surface area contributed by atoms with Crippen molar-refractivity contribution in [3.05, 3.63) is 36.0 Å². The zero-order valence-corrected chi connectivity index (χ0v) is 17.0. The number of hydrogen-bond donors (Lipinski definition) is 6. The average Bonchev–Trinajstić information content (AvgIpc) is 2.75. The van der Waals surface area contributed by atoms with Crippen LogP contribution >= 0.6 is 0 Å². The highest BCUT2D eigenvalue weighted by Gasteiger charge is 2.21. The molecule has 13 nitrogen and oxygen atoms in total. The van der Waals surface area contributed by atoms with E-state index in [4.69, 9.17) is 21.7 Å². The molecule has 8 N–H and O–H groups in total. The molecule has 0 aliphatic carbocycles. The van der Waals surface area contributed by atoms with E-state index in [9.17, 15) is 14.7 Å². The molecular weight excluding hydrogens is 420 g/mol. The number of amides is 1. The maximum absolute atomic E-state index is 12.4. The summed E-state index contributed by atoms with van der Waals surface area (Å²) in [6.45, 7) is 0. The molecule has 32 heavy (non-hydrogen) atoms. The lowest BCUT2D eigenvalue weighted by Gasteiger charge is -2.19. The van der Waals surface area contributed by atoms with Crippen molar-refractivity contribution in [2.45, 2.75) is 25.2 Å². The van der Waals surface area contributed by atoms with Crippen LogP contribution in [0.2, 0.25) is 0 Å². The first-order valence-corrected chi connectivity index (χ1v) is 9.45. The van der Waals surface area contributed by atoms with E-state index in [2.05, 4.69) is 25.3 Å². The third kappa shape index (κ3) is 5.14. The van der Waals surface area contributed by atoms with Crippen molar-refractivity contribution in [3.8, 4) is 0 Å². The van der Waals surface area contributed by atoms with Crippen LogP contribution in [0.4, 0.5) is 23.3 Å². The highest BCUT2D eigenvalue weighted by Crippen LogP contribution is 2.24. The first kappa shape index (κ1) is 22.6. The summed E-state index contributed by atoms with van der Waals surface area (Å²) in [5.74, 6) is -1.33. The van der Waals surface area contributed by atoms with Gasteiger partial charge in [0.05, 0.1) is 6.20 Å². The number of aliphatic carboxylic acids is 1. The normalized spacial score (nSPS) is 12.0. The molecule has 0 saturated heterocycles. The fourth-order valence-corrected chi connectivity index (χ4v) is 2.88. The second kappa shape index (κ2) is 9.36. The summed E-state index contributed by atoms with van der Waals surface area (Å²) in [6.07, 6.45) is -0.471. The Bertz CT molecular complexity index is 1140. The lowest BCUT2D eigenvalue weighted by Crippen LogP contribution is -2.41. The Hall–Kier alpha value is -4.10. The van der Waals surface area contributed by atoms with Crippen LogP contribution in [0.25, 0.3) is 11.2 Å². The van der Waals surface area contributed by atoms with Gasteiger partial charge in [0.15, 0.2) is 29.1 Å². The number of carboxylic acid groups (broad SMARTS) is 1. The largest absolute Gasteiger partial charge is 0.480 e. The van der Waals surface area contributed by atoms with Crippen molar-refractivity contribution in [2.75, 3.05) is 23.4 Å². The minimum absolute atomic E-state index is 0.0207. The average molecular weight is 442 g/mol. The number of nitrogens with two attached hydrogens (primary N) is 2. The minimum atomic E-state index is -1.65. The van der Waals surface area contributed by atoms with E-state index in [0.717, 1.165) is 0 Å². The Morgan fingerprint density at radius 2 is 1.78 bits per heavy atom. The molecule has 0 saturated carbocycles. The van der Waals surface area contributed by atoms with Crippen molar-refractivity contribution in [2.24, 2.45) is 0 Å². The molecule has 3 aromatic rings. The Morgan fingerprint density at radius 3 is 2.41 bits per heavy atom. The number of nitrogens with one attached hydrogen (secondary N) is 1. The van der Waals surface area contributed by atoms with Gasteiger partial charge >= 0.3 is 5.97 Å². The molecule has 1 amide bonds. The molecule has 1 aromatic carbocycles. The molecule has 0 spiro atoms. The van der Waals surface area contributed by atoms with Gasteiger partial charge in [-0.05, 0) is 30.7 Å². The van der Waals surface area contributed by atoms with Crippen LogP contribution in [0.1, 0.15) is 23.2 Å². The SMILES string of the molecule is CN(c1ccc(C(=O)N[C@@H](CCC(O)O)C(=O)O)cc1)c1cnc2c(N)nc(N)nc2n1. The summed E-state index contributed by atoms with van der Waals surface area (Å²) in [5.41, 5.74) is 12.9. The van der Waals surface area contributed by atoms with Gasteiger partial charge in [-0.15, -0.1) is 0 Å².